The number of hydrogen-bond acceptors (Lipinski definition) is 4. The molecule has 0 atom stereocenters. The van der Waals surface area contributed by atoms with Gasteiger partial charge in [-0.2, -0.15) is 5.26 Å². The maximum absolute atomic E-state index is 8.61. The van der Waals surface area contributed by atoms with E-state index < -0.39 is 0 Å². The zero-order valence-corrected chi connectivity index (χ0v) is 11.9. The molecular formula is C11H5BrCl2N4. The van der Waals surface area contributed by atoms with Gasteiger partial charge < -0.3 is 5.32 Å². The summed E-state index contributed by atoms with van der Waals surface area (Å²) in [6.07, 6.45) is 2.82. The van der Waals surface area contributed by atoms with Gasteiger partial charge in [0.15, 0.2) is 5.69 Å². The van der Waals surface area contributed by atoms with Gasteiger partial charge in [-0.05, 0) is 28.1 Å². The Morgan fingerprint density at radius 2 is 1.94 bits per heavy atom. The maximum Gasteiger partial charge on any atom is 0.158 e. The molecule has 1 aromatic carbocycles. The first-order chi connectivity index (χ1) is 8.61. The molecule has 18 heavy (non-hydrogen) atoms. The van der Waals surface area contributed by atoms with Crippen molar-refractivity contribution >= 4 is 50.6 Å². The van der Waals surface area contributed by atoms with Crippen LogP contribution in [0.1, 0.15) is 5.69 Å². The van der Waals surface area contributed by atoms with Gasteiger partial charge >= 0.3 is 0 Å². The Balaban J connectivity index is 2.29. The second kappa shape index (κ2) is 5.53. The van der Waals surface area contributed by atoms with E-state index in [1.807, 2.05) is 6.07 Å². The molecule has 2 aromatic rings. The van der Waals surface area contributed by atoms with Gasteiger partial charge in [0.25, 0.3) is 0 Å². The largest absolute Gasteiger partial charge is 0.338 e. The Hall–Kier alpha value is -1.35. The fourth-order valence-corrected chi connectivity index (χ4v) is 2.03. The van der Waals surface area contributed by atoms with Crippen molar-refractivity contribution < 1.29 is 0 Å². The normalized spacial score (nSPS) is 9.89. The number of nitrogens with one attached hydrogen (secondary N) is 1. The number of nitriles is 1. The number of rotatable bonds is 2. The van der Waals surface area contributed by atoms with Crippen LogP contribution in [0.2, 0.25) is 10.0 Å². The van der Waals surface area contributed by atoms with Crippen molar-refractivity contribution in [3.05, 3.63) is 44.7 Å². The van der Waals surface area contributed by atoms with Crippen molar-refractivity contribution in [1.82, 2.24) is 9.97 Å². The van der Waals surface area contributed by atoms with Gasteiger partial charge in [0.2, 0.25) is 0 Å². The molecule has 0 saturated heterocycles. The quantitative estimate of drug-likeness (QED) is 0.831. The zero-order chi connectivity index (χ0) is 13.1. The molecule has 90 valence electrons. The van der Waals surface area contributed by atoms with Gasteiger partial charge in [-0.1, -0.05) is 23.2 Å². The van der Waals surface area contributed by atoms with E-state index in [1.54, 1.807) is 12.1 Å². The molecule has 4 nitrogen and oxygen atoms in total. The number of nitrogens with zero attached hydrogens (tertiary/aromatic N) is 3. The fourth-order valence-electron chi connectivity index (χ4n) is 1.21. The van der Waals surface area contributed by atoms with E-state index in [-0.39, 0.29) is 5.69 Å². The Morgan fingerprint density at radius 1 is 1.17 bits per heavy atom. The minimum atomic E-state index is 0.250. The molecule has 0 amide bonds. The second-order valence-corrected chi connectivity index (χ2v) is 4.86. The molecule has 1 heterocycles. The number of aromatic nitrogens is 2. The molecule has 0 aliphatic heterocycles. The van der Waals surface area contributed by atoms with E-state index >= 15 is 0 Å². The lowest BCUT2D eigenvalue weighted by Gasteiger charge is -2.09. The minimum Gasteiger partial charge on any atom is -0.338 e. The standard InChI is InChI=1S/C11H5BrCl2N4/c12-7-1-2-8(11(14)10(7)13)18-9-5-16-6(3-15)4-17-9/h1-2,4-5H,(H,17,18). The number of hydrogen-bond donors (Lipinski definition) is 1. The molecule has 0 saturated carbocycles. The molecule has 0 aliphatic carbocycles. The van der Waals surface area contributed by atoms with E-state index in [4.69, 9.17) is 28.5 Å². The van der Waals surface area contributed by atoms with E-state index in [0.717, 1.165) is 0 Å². The maximum atomic E-state index is 8.61. The van der Waals surface area contributed by atoms with Crippen molar-refractivity contribution in [3.8, 4) is 6.07 Å². The summed E-state index contributed by atoms with van der Waals surface area (Å²) in [6, 6.07) is 5.42. The average Bonchev–Trinajstić information content (AvgIpc) is 2.40. The molecule has 1 aromatic heterocycles. The number of anilines is 2. The highest BCUT2D eigenvalue weighted by molar-refractivity contribution is 9.10. The van der Waals surface area contributed by atoms with Crippen LogP contribution in [0.25, 0.3) is 0 Å². The van der Waals surface area contributed by atoms with Crippen LogP contribution in [0, 0.1) is 11.3 Å². The molecule has 0 spiro atoms. The molecule has 0 fully saturated rings. The van der Waals surface area contributed by atoms with Crippen LogP contribution in [0.5, 0.6) is 0 Å². The van der Waals surface area contributed by atoms with Crippen LogP contribution in [-0.4, -0.2) is 9.97 Å². The fraction of sp³-hybridized carbons (Fsp3) is 0. The highest BCUT2D eigenvalue weighted by atomic mass is 79.9. The lowest BCUT2D eigenvalue weighted by molar-refractivity contribution is 1.16. The molecule has 0 bridgehead atoms. The van der Waals surface area contributed by atoms with Crippen molar-refractivity contribution in [2.75, 3.05) is 5.32 Å². The van der Waals surface area contributed by atoms with Gasteiger partial charge in [-0.25, -0.2) is 9.97 Å². The lowest BCUT2D eigenvalue weighted by atomic mass is 10.3. The van der Waals surface area contributed by atoms with Crippen molar-refractivity contribution in [3.63, 3.8) is 0 Å². The van der Waals surface area contributed by atoms with Crippen LogP contribution < -0.4 is 5.32 Å². The smallest absolute Gasteiger partial charge is 0.158 e. The van der Waals surface area contributed by atoms with Crippen molar-refractivity contribution in [1.29, 1.82) is 5.26 Å². The first-order valence-corrected chi connectivity index (χ1v) is 6.29. The molecule has 0 radical (unpaired) electrons. The van der Waals surface area contributed by atoms with Crippen LogP contribution in [0.4, 0.5) is 11.5 Å². The average molecular weight is 344 g/mol. The van der Waals surface area contributed by atoms with Crippen LogP contribution in [0.15, 0.2) is 29.0 Å². The second-order valence-electron chi connectivity index (χ2n) is 3.25. The third-order valence-corrected chi connectivity index (χ3v) is 3.84. The summed E-state index contributed by atoms with van der Waals surface area (Å²) in [4.78, 5) is 7.92. The van der Waals surface area contributed by atoms with Crippen molar-refractivity contribution in [2.45, 2.75) is 0 Å². The van der Waals surface area contributed by atoms with Crippen LogP contribution >= 0.6 is 39.1 Å². The molecule has 0 aliphatic rings. The topological polar surface area (TPSA) is 61.6 Å². The Bertz CT molecular complexity index is 622. The van der Waals surface area contributed by atoms with Crippen LogP contribution in [0.3, 0.4) is 0 Å². The summed E-state index contributed by atoms with van der Waals surface area (Å²) in [6.45, 7) is 0. The highest BCUT2D eigenvalue weighted by Crippen LogP contribution is 2.36. The first-order valence-electron chi connectivity index (χ1n) is 4.74. The summed E-state index contributed by atoms with van der Waals surface area (Å²) < 4.78 is 0.714. The van der Waals surface area contributed by atoms with Crippen molar-refractivity contribution in [2.24, 2.45) is 0 Å². The highest BCUT2D eigenvalue weighted by Gasteiger charge is 2.09. The van der Waals surface area contributed by atoms with E-state index in [9.17, 15) is 0 Å². The molecule has 7 heteroatoms. The van der Waals surface area contributed by atoms with Gasteiger partial charge in [-0.15, -0.1) is 0 Å². The van der Waals surface area contributed by atoms with E-state index in [2.05, 4.69) is 31.2 Å². The Kier molecular flexibility index (Phi) is 4.02. The summed E-state index contributed by atoms with van der Waals surface area (Å²) in [5.74, 6) is 0.481. The van der Waals surface area contributed by atoms with Gasteiger partial charge in [0.1, 0.15) is 11.9 Å². The van der Waals surface area contributed by atoms with Gasteiger partial charge in [-0.3, -0.25) is 0 Å². The minimum absolute atomic E-state index is 0.250. The zero-order valence-electron chi connectivity index (χ0n) is 8.78. The first kappa shape index (κ1) is 13.1. The Morgan fingerprint density at radius 3 is 2.56 bits per heavy atom. The lowest BCUT2D eigenvalue weighted by Crippen LogP contribution is -1.96. The summed E-state index contributed by atoms with van der Waals surface area (Å²) in [7, 11) is 0. The Labute approximate surface area is 122 Å². The van der Waals surface area contributed by atoms with Crippen LogP contribution in [-0.2, 0) is 0 Å². The molecule has 2 rings (SSSR count). The SMILES string of the molecule is N#Cc1cnc(Nc2ccc(Br)c(Cl)c2Cl)cn1. The van der Waals surface area contributed by atoms with E-state index in [0.29, 0.717) is 26.0 Å². The summed E-state index contributed by atoms with van der Waals surface area (Å²) >= 11 is 15.4. The van der Waals surface area contributed by atoms with E-state index in [1.165, 1.54) is 12.4 Å². The van der Waals surface area contributed by atoms with Gasteiger partial charge in [0.05, 0.1) is 28.1 Å². The third kappa shape index (κ3) is 2.72. The molecular weight excluding hydrogens is 339 g/mol. The number of benzene rings is 1. The summed E-state index contributed by atoms with van der Waals surface area (Å²) in [5.41, 5.74) is 0.865. The summed E-state index contributed by atoms with van der Waals surface area (Å²) in [5, 5.41) is 12.4. The number of halogens is 3. The predicted molar refractivity (Wildman–Crippen MR) is 74.2 cm³/mol. The monoisotopic (exact) mass is 342 g/mol. The third-order valence-electron chi connectivity index (χ3n) is 2.06. The predicted octanol–water partition coefficient (Wildman–Crippen LogP) is 4.16. The molecule has 0 unspecified atom stereocenters. The molecule has 1 N–H and O–H groups in total. The van der Waals surface area contributed by atoms with Gasteiger partial charge in [0, 0.05) is 4.47 Å².